The second-order valence-corrected chi connectivity index (χ2v) is 5.33. The number of carbonyl (C=O) groups excluding carboxylic acids is 1. The topological polar surface area (TPSA) is 55.1 Å². The van der Waals surface area contributed by atoms with E-state index in [1.807, 2.05) is 6.07 Å². The zero-order valence-electron chi connectivity index (χ0n) is 9.16. The zero-order valence-corrected chi connectivity index (χ0v) is 10.8. The highest BCUT2D eigenvalue weighted by atomic mass is 79.9. The van der Waals surface area contributed by atoms with Crippen LogP contribution in [0.1, 0.15) is 23.7 Å². The first-order chi connectivity index (χ1) is 7.58. The number of rotatable bonds is 3. The van der Waals surface area contributed by atoms with Gasteiger partial charge in [-0.05, 0) is 36.5 Å². The predicted octanol–water partition coefficient (Wildman–Crippen LogP) is 2.42. The van der Waals surface area contributed by atoms with Crippen molar-refractivity contribution in [3.63, 3.8) is 0 Å². The largest absolute Gasteiger partial charge is 0.398 e. The van der Waals surface area contributed by atoms with E-state index in [0.717, 1.165) is 16.9 Å². The molecule has 1 fully saturated rings. The van der Waals surface area contributed by atoms with Gasteiger partial charge in [0.2, 0.25) is 0 Å². The van der Waals surface area contributed by atoms with Crippen molar-refractivity contribution in [2.24, 2.45) is 11.8 Å². The minimum atomic E-state index is -0.0853. The van der Waals surface area contributed by atoms with Crippen LogP contribution in [-0.2, 0) is 0 Å². The fraction of sp³-hybridized carbons (Fsp3) is 0.417. The molecule has 86 valence electrons. The lowest BCUT2D eigenvalue weighted by molar-refractivity contribution is 0.0952. The summed E-state index contributed by atoms with van der Waals surface area (Å²) in [6, 6.07) is 5.31. The van der Waals surface area contributed by atoms with Gasteiger partial charge in [0.25, 0.3) is 5.91 Å². The van der Waals surface area contributed by atoms with Crippen molar-refractivity contribution in [1.29, 1.82) is 0 Å². The molecule has 16 heavy (non-hydrogen) atoms. The van der Waals surface area contributed by atoms with Crippen molar-refractivity contribution >= 4 is 27.5 Å². The molecule has 0 spiro atoms. The Hall–Kier alpha value is -1.03. The number of carbonyl (C=O) groups is 1. The van der Waals surface area contributed by atoms with E-state index in [9.17, 15) is 4.79 Å². The number of nitrogens with one attached hydrogen (secondary N) is 1. The minimum absolute atomic E-state index is 0.0853. The molecule has 2 atom stereocenters. The smallest absolute Gasteiger partial charge is 0.253 e. The number of amides is 1. The quantitative estimate of drug-likeness (QED) is 0.837. The van der Waals surface area contributed by atoms with E-state index in [4.69, 9.17) is 5.73 Å². The average Bonchev–Trinajstić information content (AvgIpc) is 2.95. The molecule has 0 saturated heterocycles. The molecule has 4 heteroatoms. The molecule has 0 radical (unpaired) electrons. The Kier molecular flexibility index (Phi) is 3.19. The van der Waals surface area contributed by atoms with Crippen LogP contribution in [0.15, 0.2) is 22.7 Å². The summed E-state index contributed by atoms with van der Waals surface area (Å²) in [6.07, 6.45) is 1.22. The van der Waals surface area contributed by atoms with E-state index in [1.54, 1.807) is 12.1 Å². The Labute approximate surface area is 104 Å². The van der Waals surface area contributed by atoms with Crippen LogP contribution < -0.4 is 11.1 Å². The fourth-order valence-electron chi connectivity index (χ4n) is 1.73. The number of nitrogen functional groups attached to an aromatic ring is 1. The van der Waals surface area contributed by atoms with Crippen molar-refractivity contribution in [3.8, 4) is 0 Å². The molecular weight excluding hydrogens is 268 g/mol. The van der Waals surface area contributed by atoms with E-state index >= 15 is 0 Å². The second-order valence-electron chi connectivity index (χ2n) is 4.41. The molecule has 0 aliphatic heterocycles. The summed E-state index contributed by atoms with van der Waals surface area (Å²) in [6.45, 7) is 2.95. The average molecular weight is 283 g/mol. The molecule has 3 nitrogen and oxygen atoms in total. The highest BCUT2D eigenvalue weighted by Gasteiger charge is 2.32. The highest BCUT2D eigenvalue weighted by molar-refractivity contribution is 9.10. The monoisotopic (exact) mass is 282 g/mol. The van der Waals surface area contributed by atoms with Crippen molar-refractivity contribution in [2.45, 2.75) is 13.3 Å². The van der Waals surface area contributed by atoms with E-state index < -0.39 is 0 Å². The first-order valence-corrected chi connectivity index (χ1v) is 6.20. The van der Waals surface area contributed by atoms with Gasteiger partial charge in [0, 0.05) is 16.7 Å². The number of halogens is 1. The first kappa shape index (κ1) is 11.5. The van der Waals surface area contributed by atoms with Crippen LogP contribution in [-0.4, -0.2) is 12.5 Å². The summed E-state index contributed by atoms with van der Waals surface area (Å²) in [5.41, 5.74) is 6.82. The molecule has 1 aliphatic rings. The number of nitrogens with two attached hydrogens (primary N) is 1. The van der Waals surface area contributed by atoms with Crippen LogP contribution in [0.3, 0.4) is 0 Å². The van der Waals surface area contributed by atoms with Gasteiger partial charge in [-0.15, -0.1) is 0 Å². The summed E-state index contributed by atoms with van der Waals surface area (Å²) < 4.78 is 0.867. The van der Waals surface area contributed by atoms with Crippen LogP contribution in [0.25, 0.3) is 0 Å². The third-order valence-electron chi connectivity index (χ3n) is 3.06. The van der Waals surface area contributed by atoms with Crippen molar-refractivity contribution in [1.82, 2.24) is 5.32 Å². The molecule has 1 aromatic carbocycles. The zero-order chi connectivity index (χ0) is 11.7. The van der Waals surface area contributed by atoms with Gasteiger partial charge < -0.3 is 11.1 Å². The van der Waals surface area contributed by atoms with Crippen molar-refractivity contribution in [3.05, 3.63) is 28.2 Å². The van der Waals surface area contributed by atoms with Gasteiger partial charge in [-0.25, -0.2) is 0 Å². The number of benzene rings is 1. The summed E-state index contributed by atoms with van der Waals surface area (Å²) >= 11 is 3.33. The highest BCUT2D eigenvalue weighted by Crippen LogP contribution is 2.36. The third-order valence-corrected chi connectivity index (χ3v) is 3.55. The molecule has 1 aliphatic carbocycles. The lowest BCUT2D eigenvalue weighted by Gasteiger charge is -2.07. The van der Waals surface area contributed by atoms with Gasteiger partial charge in [-0.3, -0.25) is 4.79 Å². The maximum Gasteiger partial charge on any atom is 0.253 e. The lowest BCUT2D eigenvalue weighted by Crippen LogP contribution is -2.26. The molecule has 0 aromatic heterocycles. The summed E-state index contributed by atoms with van der Waals surface area (Å²) in [7, 11) is 0. The number of hydrogen-bond donors (Lipinski definition) is 2. The fourth-order valence-corrected chi connectivity index (χ4v) is 2.09. The third kappa shape index (κ3) is 2.55. The van der Waals surface area contributed by atoms with E-state index in [0.29, 0.717) is 17.2 Å². The number of anilines is 1. The lowest BCUT2D eigenvalue weighted by atomic mass is 10.1. The second kappa shape index (κ2) is 4.45. The van der Waals surface area contributed by atoms with Gasteiger partial charge in [-0.1, -0.05) is 22.9 Å². The predicted molar refractivity (Wildman–Crippen MR) is 68.2 cm³/mol. The SMILES string of the molecule is CC1CC1CNC(=O)c1cc(Br)ccc1N. The van der Waals surface area contributed by atoms with Crippen molar-refractivity contribution < 1.29 is 4.79 Å². The molecule has 1 amide bonds. The van der Waals surface area contributed by atoms with Crippen LogP contribution in [0.5, 0.6) is 0 Å². The molecule has 1 aromatic rings. The number of hydrogen-bond acceptors (Lipinski definition) is 2. The Balaban J connectivity index is 1.99. The van der Waals surface area contributed by atoms with Crippen LogP contribution in [0.4, 0.5) is 5.69 Å². The van der Waals surface area contributed by atoms with E-state index in [1.165, 1.54) is 6.42 Å². The van der Waals surface area contributed by atoms with E-state index in [2.05, 4.69) is 28.2 Å². The first-order valence-electron chi connectivity index (χ1n) is 5.41. The van der Waals surface area contributed by atoms with Gasteiger partial charge in [0.15, 0.2) is 0 Å². The van der Waals surface area contributed by atoms with E-state index in [-0.39, 0.29) is 5.91 Å². The van der Waals surface area contributed by atoms with Gasteiger partial charge >= 0.3 is 0 Å². The molecule has 3 N–H and O–H groups in total. The Morgan fingerprint density at radius 1 is 1.62 bits per heavy atom. The maximum atomic E-state index is 11.8. The normalized spacial score (nSPS) is 22.9. The van der Waals surface area contributed by atoms with Crippen LogP contribution in [0, 0.1) is 11.8 Å². The van der Waals surface area contributed by atoms with Crippen molar-refractivity contribution in [2.75, 3.05) is 12.3 Å². The Bertz CT molecular complexity index is 419. The summed E-state index contributed by atoms with van der Waals surface area (Å²) in [4.78, 5) is 11.8. The maximum absolute atomic E-state index is 11.8. The van der Waals surface area contributed by atoms with Gasteiger partial charge in [-0.2, -0.15) is 0 Å². The summed E-state index contributed by atoms with van der Waals surface area (Å²) in [5, 5.41) is 2.92. The summed E-state index contributed by atoms with van der Waals surface area (Å²) in [5.74, 6) is 1.32. The Morgan fingerprint density at radius 2 is 2.31 bits per heavy atom. The minimum Gasteiger partial charge on any atom is -0.398 e. The van der Waals surface area contributed by atoms with Gasteiger partial charge in [0.1, 0.15) is 0 Å². The standard InChI is InChI=1S/C12H15BrN2O/c1-7-4-8(7)6-15-12(16)10-5-9(13)2-3-11(10)14/h2-3,5,7-8H,4,6,14H2,1H3,(H,15,16). The molecular formula is C12H15BrN2O. The Morgan fingerprint density at radius 3 is 2.94 bits per heavy atom. The molecule has 1 saturated carbocycles. The van der Waals surface area contributed by atoms with Crippen LogP contribution in [0.2, 0.25) is 0 Å². The molecule has 2 unspecified atom stereocenters. The molecule has 2 rings (SSSR count). The molecule has 0 bridgehead atoms. The van der Waals surface area contributed by atoms with Crippen LogP contribution >= 0.6 is 15.9 Å². The molecule has 0 heterocycles. The van der Waals surface area contributed by atoms with Gasteiger partial charge in [0.05, 0.1) is 5.56 Å².